The summed E-state index contributed by atoms with van der Waals surface area (Å²) in [4.78, 5) is 60.4. The van der Waals surface area contributed by atoms with E-state index in [1.165, 1.54) is 0 Å². The van der Waals surface area contributed by atoms with Crippen LogP contribution in [0.1, 0.15) is 6.23 Å². The Morgan fingerprint density at radius 2 is 1.73 bits per heavy atom. The van der Waals surface area contributed by atoms with E-state index in [-0.39, 0.29) is 0 Å². The number of ether oxygens (including phenoxy) is 2. The van der Waals surface area contributed by atoms with E-state index < -0.39 is 108 Å². The summed E-state index contributed by atoms with van der Waals surface area (Å²) >= 11 is 0. The van der Waals surface area contributed by atoms with Crippen molar-refractivity contribution in [3.05, 3.63) is 33.1 Å². The minimum absolute atomic E-state index is 0.538. The van der Waals surface area contributed by atoms with Gasteiger partial charge in [0.2, 0.25) is 5.91 Å². The molecule has 41 heavy (non-hydrogen) atoms. The fraction of sp³-hybridized carbons (Fsp3) is 0.667. The van der Waals surface area contributed by atoms with Crippen LogP contribution >= 0.6 is 15.6 Å². The SMILES string of the molecule is C=NCC(=O)NC1C(OP(=O)(O)OP(=O)(O)OCC2OC(n3ccc(=O)[nH]c3=O)C(O)C2O)OC(CO)C(O)C1O. The monoisotopic (exact) mass is 634 g/mol. The molecule has 1 aromatic rings. The van der Waals surface area contributed by atoms with Crippen molar-refractivity contribution in [2.24, 2.45) is 4.99 Å². The highest BCUT2D eigenvalue weighted by atomic mass is 31.3. The fourth-order valence-corrected chi connectivity index (χ4v) is 6.02. The third-order valence-electron chi connectivity index (χ3n) is 5.77. The Morgan fingerprint density at radius 1 is 1.07 bits per heavy atom. The molecule has 11 unspecified atom stereocenters. The molecular formula is C18H28N4O17P2. The predicted octanol–water partition coefficient (Wildman–Crippen LogP) is -4.97. The molecule has 11 atom stereocenters. The zero-order valence-electron chi connectivity index (χ0n) is 20.7. The Bertz CT molecular complexity index is 1310. The number of aromatic amines is 1. The molecule has 0 bridgehead atoms. The van der Waals surface area contributed by atoms with Crippen molar-refractivity contribution in [3.63, 3.8) is 0 Å². The molecule has 3 rings (SSSR count). The zero-order chi connectivity index (χ0) is 30.7. The van der Waals surface area contributed by atoms with Gasteiger partial charge in [-0.2, -0.15) is 4.31 Å². The Balaban J connectivity index is 1.67. The van der Waals surface area contributed by atoms with Gasteiger partial charge in [0.1, 0.15) is 49.2 Å². The van der Waals surface area contributed by atoms with Crippen LogP contribution in [0.4, 0.5) is 0 Å². The minimum Gasteiger partial charge on any atom is -0.394 e. The highest BCUT2D eigenvalue weighted by Crippen LogP contribution is 2.61. The summed E-state index contributed by atoms with van der Waals surface area (Å²) in [5.74, 6) is -0.902. The van der Waals surface area contributed by atoms with Gasteiger partial charge < -0.3 is 50.1 Å². The number of hydrogen-bond donors (Lipinski definition) is 9. The number of carbonyl (C=O) groups excluding carboxylic acids is 1. The first kappa shape index (κ1) is 33.3. The second kappa shape index (κ2) is 13.4. The summed E-state index contributed by atoms with van der Waals surface area (Å²) in [5, 5.41) is 52.3. The molecule has 1 aromatic heterocycles. The lowest BCUT2D eigenvalue weighted by atomic mass is 9.97. The number of phosphoric ester groups is 2. The van der Waals surface area contributed by atoms with Crippen LogP contribution in [0, 0.1) is 0 Å². The van der Waals surface area contributed by atoms with Crippen LogP contribution in [0.25, 0.3) is 0 Å². The van der Waals surface area contributed by atoms with Crippen LogP contribution in [-0.2, 0) is 36.8 Å². The Hall–Kier alpha value is -2.20. The molecule has 3 heterocycles. The lowest BCUT2D eigenvalue weighted by Crippen LogP contribution is -2.64. The number of hydrogen-bond acceptors (Lipinski definition) is 16. The molecule has 2 aliphatic heterocycles. The smallest absolute Gasteiger partial charge is 0.394 e. The number of aliphatic hydroxyl groups excluding tert-OH is 5. The predicted molar refractivity (Wildman–Crippen MR) is 129 cm³/mol. The van der Waals surface area contributed by atoms with Gasteiger partial charge in [-0.25, -0.2) is 13.9 Å². The van der Waals surface area contributed by atoms with Gasteiger partial charge in [-0.1, -0.05) is 0 Å². The van der Waals surface area contributed by atoms with E-state index in [0.29, 0.717) is 0 Å². The van der Waals surface area contributed by atoms with Gasteiger partial charge in [-0.15, -0.1) is 0 Å². The van der Waals surface area contributed by atoms with Gasteiger partial charge in [0.15, 0.2) is 12.5 Å². The number of aliphatic imine (C=N–C) groups is 1. The van der Waals surface area contributed by atoms with Gasteiger partial charge in [-0.05, 0) is 6.72 Å². The number of phosphoric acid groups is 2. The normalized spacial score (nSPS) is 34.9. The van der Waals surface area contributed by atoms with Crippen LogP contribution in [0.2, 0.25) is 0 Å². The van der Waals surface area contributed by atoms with Crippen molar-refractivity contribution in [1.29, 1.82) is 0 Å². The molecule has 0 radical (unpaired) electrons. The van der Waals surface area contributed by atoms with Crippen LogP contribution < -0.4 is 16.6 Å². The second-order valence-corrected chi connectivity index (χ2v) is 11.7. The van der Waals surface area contributed by atoms with E-state index in [1.54, 1.807) is 0 Å². The number of carbonyl (C=O) groups is 1. The van der Waals surface area contributed by atoms with Gasteiger partial charge >= 0.3 is 21.3 Å². The van der Waals surface area contributed by atoms with E-state index in [9.17, 15) is 58.8 Å². The average Bonchev–Trinajstić information content (AvgIpc) is 3.15. The largest absolute Gasteiger partial charge is 0.483 e. The highest BCUT2D eigenvalue weighted by Gasteiger charge is 2.50. The van der Waals surface area contributed by atoms with E-state index in [2.05, 4.69) is 30.4 Å². The Kier molecular flexibility index (Phi) is 10.9. The average molecular weight is 634 g/mol. The third-order valence-corrected chi connectivity index (χ3v) is 8.37. The van der Waals surface area contributed by atoms with Crippen molar-refractivity contribution in [3.8, 4) is 0 Å². The molecule has 9 N–H and O–H groups in total. The molecule has 23 heteroatoms. The van der Waals surface area contributed by atoms with E-state index in [4.69, 9.17) is 9.47 Å². The topological polar surface area (TPSA) is 318 Å². The molecule has 0 aromatic carbocycles. The number of amides is 1. The molecule has 0 saturated carbocycles. The third kappa shape index (κ3) is 8.21. The number of H-pyrrole nitrogens is 1. The summed E-state index contributed by atoms with van der Waals surface area (Å²) in [7, 11) is -11.2. The number of rotatable bonds is 12. The summed E-state index contributed by atoms with van der Waals surface area (Å²) in [5.41, 5.74) is -1.77. The van der Waals surface area contributed by atoms with Gasteiger partial charge in [0, 0.05) is 12.3 Å². The summed E-state index contributed by atoms with van der Waals surface area (Å²) in [6.07, 6.45) is -13.3. The Morgan fingerprint density at radius 3 is 2.34 bits per heavy atom. The van der Waals surface area contributed by atoms with Gasteiger partial charge in [0.25, 0.3) is 5.56 Å². The molecule has 2 aliphatic rings. The zero-order valence-corrected chi connectivity index (χ0v) is 22.5. The molecule has 0 aliphatic carbocycles. The molecule has 21 nitrogen and oxygen atoms in total. The van der Waals surface area contributed by atoms with Crippen LogP contribution in [0.3, 0.4) is 0 Å². The van der Waals surface area contributed by atoms with Gasteiger partial charge in [-0.3, -0.25) is 33.2 Å². The lowest BCUT2D eigenvalue weighted by Gasteiger charge is -2.42. The molecule has 0 spiro atoms. The van der Waals surface area contributed by atoms with Crippen LogP contribution in [0.15, 0.2) is 26.8 Å². The molecule has 2 saturated heterocycles. The maximum absolute atomic E-state index is 12.5. The van der Waals surface area contributed by atoms with E-state index in [0.717, 1.165) is 16.8 Å². The summed E-state index contributed by atoms with van der Waals surface area (Å²) in [6, 6.07) is -0.852. The van der Waals surface area contributed by atoms with Crippen molar-refractivity contribution < 1.29 is 72.1 Å². The van der Waals surface area contributed by atoms with Crippen molar-refractivity contribution in [1.82, 2.24) is 14.9 Å². The molecule has 232 valence electrons. The van der Waals surface area contributed by atoms with E-state index in [1.807, 2.05) is 4.98 Å². The van der Waals surface area contributed by atoms with Crippen LogP contribution in [-0.4, -0.2) is 126 Å². The first-order chi connectivity index (χ1) is 19.1. The highest BCUT2D eigenvalue weighted by molar-refractivity contribution is 7.61. The quantitative estimate of drug-likeness (QED) is 0.0768. The van der Waals surface area contributed by atoms with Gasteiger partial charge in [0.05, 0.1) is 13.2 Å². The number of aliphatic hydroxyl groups is 5. The fourth-order valence-electron chi connectivity index (χ4n) is 3.86. The first-order valence-electron chi connectivity index (χ1n) is 11.5. The first-order valence-corrected chi connectivity index (χ1v) is 14.5. The number of nitrogens with one attached hydrogen (secondary N) is 2. The minimum atomic E-state index is -5.68. The lowest BCUT2D eigenvalue weighted by molar-refractivity contribution is -0.247. The van der Waals surface area contributed by atoms with E-state index >= 15 is 0 Å². The second-order valence-electron chi connectivity index (χ2n) is 8.67. The standard InChI is InChI=1S/C18H28N4O17P2/c1-19-4-10(25)20-11-14(28)12(26)7(5-23)37-17(11)38-41(33,34)39-40(31,32)35-6-8-13(27)15(29)16(36-8)22-3-2-9(24)21-18(22)30/h2-3,7-8,11-17,23,26-29H,1,4-6H2,(H,20,25)(H,31,32)(H,33,34)(H,21,24,30). The number of aromatic nitrogens is 2. The maximum Gasteiger partial charge on any atom is 0.483 e. The number of nitrogens with zero attached hydrogens (tertiary/aromatic N) is 2. The molecular weight excluding hydrogens is 606 g/mol. The van der Waals surface area contributed by atoms with Crippen molar-refractivity contribution >= 4 is 28.3 Å². The van der Waals surface area contributed by atoms with Crippen molar-refractivity contribution in [2.45, 2.75) is 55.2 Å². The maximum atomic E-state index is 12.5. The molecule has 2 fully saturated rings. The Labute approximate surface area is 228 Å². The van der Waals surface area contributed by atoms with Crippen LogP contribution in [0.5, 0.6) is 0 Å². The summed E-state index contributed by atoms with van der Waals surface area (Å²) in [6.45, 7) is 0.579. The molecule has 1 amide bonds. The summed E-state index contributed by atoms with van der Waals surface area (Å²) < 4.78 is 49.5. The van der Waals surface area contributed by atoms with Crippen molar-refractivity contribution in [2.75, 3.05) is 19.8 Å².